The molecule has 1 unspecified atom stereocenters. The van der Waals surface area contributed by atoms with Crippen LogP contribution in [0.25, 0.3) is 0 Å². The second-order valence-corrected chi connectivity index (χ2v) is 4.73. The minimum Gasteiger partial charge on any atom is -0.481 e. The number of hydrogen-bond acceptors (Lipinski definition) is 2. The number of carbonyl (C=O) groups is 1. The van der Waals surface area contributed by atoms with Crippen LogP contribution in [0.3, 0.4) is 0 Å². The minimum atomic E-state index is -0.695. The standard InChI is InChI=1S/C14H19NO2/c1-11-10-12-6-2-3-7-13(12)15(11)9-5-4-8-14(16)17/h2-3,6-7,11H,4-5,8-10H2,1H3,(H,16,17). The summed E-state index contributed by atoms with van der Waals surface area (Å²) in [4.78, 5) is 12.8. The van der Waals surface area contributed by atoms with Crippen LogP contribution >= 0.6 is 0 Å². The molecule has 0 aliphatic carbocycles. The number of hydrogen-bond donors (Lipinski definition) is 1. The lowest BCUT2D eigenvalue weighted by Crippen LogP contribution is -2.30. The molecule has 1 N–H and O–H groups in total. The van der Waals surface area contributed by atoms with Gasteiger partial charge >= 0.3 is 5.97 Å². The van der Waals surface area contributed by atoms with E-state index in [0.29, 0.717) is 6.04 Å². The Hall–Kier alpha value is -1.51. The molecule has 0 amide bonds. The number of fused-ring (bicyclic) bond motifs is 1. The molecule has 1 heterocycles. The number of nitrogens with zero attached hydrogens (tertiary/aromatic N) is 1. The summed E-state index contributed by atoms with van der Waals surface area (Å²) in [6, 6.07) is 9.04. The van der Waals surface area contributed by atoms with Crippen LogP contribution in [-0.4, -0.2) is 23.7 Å². The molecule has 0 saturated carbocycles. The number of anilines is 1. The van der Waals surface area contributed by atoms with Gasteiger partial charge in [0.2, 0.25) is 0 Å². The van der Waals surface area contributed by atoms with Crippen molar-refractivity contribution in [3.8, 4) is 0 Å². The molecule has 1 atom stereocenters. The van der Waals surface area contributed by atoms with E-state index in [1.54, 1.807) is 0 Å². The van der Waals surface area contributed by atoms with Gasteiger partial charge in [0, 0.05) is 24.7 Å². The Kier molecular flexibility index (Phi) is 3.67. The Morgan fingerprint density at radius 2 is 2.18 bits per heavy atom. The topological polar surface area (TPSA) is 40.5 Å². The monoisotopic (exact) mass is 233 g/mol. The molecule has 3 heteroatoms. The van der Waals surface area contributed by atoms with Crippen LogP contribution < -0.4 is 4.90 Å². The molecule has 1 aliphatic rings. The Labute approximate surface area is 102 Å². The first-order chi connectivity index (χ1) is 8.18. The van der Waals surface area contributed by atoms with E-state index < -0.39 is 5.97 Å². The molecule has 0 spiro atoms. The van der Waals surface area contributed by atoms with Crippen LogP contribution in [0, 0.1) is 0 Å². The number of carboxylic acid groups (broad SMARTS) is 1. The average molecular weight is 233 g/mol. The van der Waals surface area contributed by atoms with E-state index in [-0.39, 0.29) is 6.42 Å². The summed E-state index contributed by atoms with van der Waals surface area (Å²) in [6.45, 7) is 3.20. The zero-order chi connectivity index (χ0) is 12.3. The molecule has 1 aliphatic heterocycles. The molecule has 0 bridgehead atoms. The van der Waals surface area contributed by atoms with Gasteiger partial charge in [-0.25, -0.2) is 0 Å². The number of aliphatic carboxylic acids is 1. The van der Waals surface area contributed by atoms with Gasteiger partial charge in [-0.2, -0.15) is 0 Å². The van der Waals surface area contributed by atoms with Crippen LogP contribution in [0.4, 0.5) is 5.69 Å². The summed E-state index contributed by atoms with van der Waals surface area (Å²) in [5.41, 5.74) is 2.74. The van der Waals surface area contributed by atoms with Crippen molar-refractivity contribution in [3.63, 3.8) is 0 Å². The molecule has 17 heavy (non-hydrogen) atoms. The van der Waals surface area contributed by atoms with Crippen molar-refractivity contribution in [1.82, 2.24) is 0 Å². The fraction of sp³-hybridized carbons (Fsp3) is 0.500. The number of para-hydroxylation sites is 1. The van der Waals surface area contributed by atoms with E-state index in [1.807, 2.05) is 0 Å². The van der Waals surface area contributed by atoms with Crippen LogP contribution in [0.2, 0.25) is 0 Å². The van der Waals surface area contributed by atoms with Crippen molar-refractivity contribution in [2.45, 2.75) is 38.6 Å². The summed E-state index contributed by atoms with van der Waals surface area (Å²) in [5, 5.41) is 8.60. The number of rotatable bonds is 5. The maximum atomic E-state index is 10.4. The van der Waals surface area contributed by atoms with E-state index in [2.05, 4.69) is 36.1 Å². The largest absolute Gasteiger partial charge is 0.481 e. The van der Waals surface area contributed by atoms with Gasteiger partial charge in [0.05, 0.1) is 0 Å². The predicted molar refractivity (Wildman–Crippen MR) is 68.4 cm³/mol. The third kappa shape index (κ3) is 2.78. The van der Waals surface area contributed by atoms with Gasteiger partial charge in [-0.15, -0.1) is 0 Å². The van der Waals surface area contributed by atoms with Crippen molar-refractivity contribution in [2.24, 2.45) is 0 Å². The Bertz CT molecular complexity index is 403. The highest BCUT2D eigenvalue weighted by atomic mass is 16.4. The molecule has 92 valence electrons. The smallest absolute Gasteiger partial charge is 0.303 e. The number of carboxylic acids is 1. The highest BCUT2D eigenvalue weighted by Crippen LogP contribution is 2.31. The zero-order valence-corrected chi connectivity index (χ0v) is 10.2. The molecular formula is C14H19NO2. The Morgan fingerprint density at radius 1 is 1.41 bits per heavy atom. The molecule has 1 aromatic carbocycles. The second-order valence-electron chi connectivity index (χ2n) is 4.73. The van der Waals surface area contributed by atoms with E-state index in [9.17, 15) is 4.79 Å². The van der Waals surface area contributed by atoms with Crippen LogP contribution in [0.1, 0.15) is 31.7 Å². The molecule has 3 nitrogen and oxygen atoms in total. The fourth-order valence-corrected chi connectivity index (χ4v) is 2.53. The van der Waals surface area contributed by atoms with Crippen molar-refractivity contribution in [3.05, 3.63) is 29.8 Å². The van der Waals surface area contributed by atoms with Crippen molar-refractivity contribution < 1.29 is 9.90 Å². The SMILES string of the molecule is CC1Cc2ccccc2N1CCCCC(=O)O. The fourth-order valence-electron chi connectivity index (χ4n) is 2.53. The first-order valence-corrected chi connectivity index (χ1v) is 6.25. The summed E-state index contributed by atoms with van der Waals surface area (Å²) in [5.74, 6) is -0.695. The molecule has 0 saturated heterocycles. The molecule has 0 fully saturated rings. The molecule has 0 radical (unpaired) electrons. The van der Waals surface area contributed by atoms with Gasteiger partial charge in [0.1, 0.15) is 0 Å². The molecular weight excluding hydrogens is 214 g/mol. The van der Waals surface area contributed by atoms with E-state index in [4.69, 9.17) is 5.11 Å². The first kappa shape index (κ1) is 12.0. The van der Waals surface area contributed by atoms with Crippen LogP contribution in [0.15, 0.2) is 24.3 Å². The minimum absolute atomic E-state index is 0.282. The van der Waals surface area contributed by atoms with Gasteiger partial charge in [0.25, 0.3) is 0 Å². The molecule has 0 aromatic heterocycles. The maximum absolute atomic E-state index is 10.4. The lowest BCUT2D eigenvalue weighted by molar-refractivity contribution is -0.137. The molecule has 2 rings (SSSR count). The third-order valence-corrected chi connectivity index (χ3v) is 3.39. The lowest BCUT2D eigenvalue weighted by Gasteiger charge is -2.24. The van der Waals surface area contributed by atoms with Gasteiger partial charge in [-0.05, 0) is 37.8 Å². The summed E-state index contributed by atoms with van der Waals surface area (Å²) < 4.78 is 0. The quantitative estimate of drug-likeness (QED) is 0.795. The second kappa shape index (κ2) is 5.21. The van der Waals surface area contributed by atoms with E-state index in [0.717, 1.165) is 25.8 Å². The zero-order valence-electron chi connectivity index (χ0n) is 10.2. The third-order valence-electron chi connectivity index (χ3n) is 3.39. The van der Waals surface area contributed by atoms with Gasteiger partial charge < -0.3 is 10.0 Å². The highest BCUT2D eigenvalue weighted by molar-refractivity contribution is 5.66. The lowest BCUT2D eigenvalue weighted by atomic mass is 10.1. The summed E-state index contributed by atoms with van der Waals surface area (Å²) >= 11 is 0. The maximum Gasteiger partial charge on any atom is 0.303 e. The summed E-state index contributed by atoms with van der Waals surface area (Å²) in [6.07, 6.45) is 3.10. The Balaban J connectivity index is 1.90. The van der Waals surface area contributed by atoms with Gasteiger partial charge in [0.15, 0.2) is 0 Å². The number of unbranched alkanes of at least 4 members (excludes halogenated alkanes) is 1. The van der Waals surface area contributed by atoms with Gasteiger partial charge in [-0.3, -0.25) is 4.79 Å². The predicted octanol–water partition coefficient (Wildman–Crippen LogP) is 2.69. The first-order valence-electron chi connectivity index (χ1n) is 6.25. The van der Waals surface area contributed by atoms with Crippen molar-refractivity contribution >= 4 is 11.7 Å². The van der Waals surface area contributed by atoms with Crippen molar-refractivity contribution in [1.29, 1.82) is 0 Å². The Morgan fingerprint density at radius 3 is 2.94 bits per heavy atom. The van der Waals surface area contributed by atoms with Crippen molar-refractivity contribution in [2.75, 3.05) is 11.4 Å². The van der Waals surface area contributed by atoms with Crippen LogP contribution in [-0.2, 0) is 11.2 Å². The van der Waals surface area contributed by atoms with E-state index >= 15 is 0 Å². The normalized spacial score (nSPS) is 18.2. The number of benzene rings is 1. The van der Waals surface area contributed by atoms with Gasteiger partial charge in [-0.1, -0.05) is 18.2 Å². The average Bonchev–Trinajstić information content (AvgIpc) is 2.60. The highest BCUT2D eigenvalue weighted by Gasteiger charge is 2.24. The summed E-state index contributed by atoms with van der Waals surface area (Å²) in [7, 11) is 0. The van der Waals surface area contributed by atoms with E-state index in [1.165, 1.54) is 11.3 Å². The molecule has 1 aromatic rings. The van der Waals surface area contributed by atoms with Crippen LogP contribution in [0.5, 0.6) is 0 Å².